The SMILES string of the molecule is CS(=O)(=O)CCNc1ccc(F)cc1F. The Hall–Kier alpha value is -1.17. The molecule has 0 aromatic heterocycles. The molecular formula is C9H11F2NO2S. The second-order valence-electron chi connectivity index (χ2n) is 3.18. The van der Waals surface area contributed by atoms with Crippen LogP contribution < -0.4 is 5.32 Å². The molecular weight excluding hydrogens is 224 g/mol. The third kappa shape index (κ3) is 4.24. The van der Waals surface area contributed by atoms with Crippen LogP contribution in [0.25, 0.3) is 0 Å². The van der Waals surface area contributed by atoms with Crippen LogP contribution in [0.15, 0.2) is 18.2 Å². The van der Waals surface area contributed by atoms with E-state index in [0.29, 0.717) is 0 Å². The van der Waals surface area contributed by atoms with Crippen molar-refractivity contribution in [2.45, 2.75) is 0 Å². The van der Waals surface area contributed by atoms with Gasteiger partial charge in [-0.05, 0) is 12.1 Å². The number of sulfone groups is 1. The summed E-state index contributed by atoms with van der Waals surface area (Å²) in [5.41, 5.74) is 0.0973. The lowest BCUT2D eigenvalue weighted by atomic mass is 10.3. The molecule has 0 saturated carbocycles. The fourth-order valence-corrected chi connectivity index (χ4v) is 1.48. The van der Waals surface area contributed by atoms with Gasteiger partial charge in [-0.1, -0.05) is 0 Å². The van der Waals surface area contributed by atoms with E-state index in [-0.39, 0.29) is 18.0 Å². The van der Waals surface area contributed by atoms with E-state index in [4.69, 9.17) is 0 Å². The molecule has 0 aliphatic carbocycles. The number of anilines is 1. The van der Waals surface area contributed by atoms with Crippen LogP contribution in [0.4, 0.5) is 14.5 Å². The van der Waals surface area contributed by atoms with Crippen LogP contribution in [0.5, 0.6) is 0 Å². The first kappa shape index (κ1) is 11.9. The van der Waals surface area contributed by atoms with Crippen molar-refractivity contribution in [3.8, 4) is 0 Å². The smallest absolute Gasteiger partial charge is 0.149 e. The number of benzene rings is 1. The highest BCUT2D eigenvalue weighted by molar-refractivity contribution is 7.90. The van der Waals surface area contributed by atoms with E-state index < -0.39 is 21.5 Å². The van der Waals surface area contributed by atoms with Crippen LogP contribution in [-0.2, 0) is 9.84 Å². The second kappa shape index (κ2) is 4.57. The summed E-state index contributed by atoms with van der Waals surface area (Å²) in [4.78, 5) is 0. The Balaban J connectivity index is 2.59. The van der Waals surface area contributed by atoms with Crippen LogP contribution in [0, 0.1) is 11.6 Å². The lowest BCUT2D eigenvalue weighted by Gasteiger charge is -2.06. The van der Waals surface area contributed by atoms with Crippen molar-refractivity contribution in [3.63, 3.8) is 0 Å². The molecule has 0 heterocycles. The second-order valence-corrected chi connectivity index (χ2v) is 5.44. The van der Waals surface area contributed by atoms with Crippen molar-refractivity contribution in [3.05, 3.63) is 29.8 Å². The molecule has 0 aliphatic heterocycles. The summed E-state index contributed by atoms with van der Waals surface area (Å²) >= 11 is 0. The summed E-state index contributed by atoms with van der Waals surface area (Å²) < 4.78 is 47.0. The van der Waals surface area contributed by atoms with Gasteiger partial charge in [0.2, 0.25) is 0 Å². The lowest BCUT2D eigenvalue weighted by Crippen LogP contribution is -2.14. The first-order chi connectivity index (χ1) is 6.88. The van der Waals surface area contributed by atoms with E-state index in [0.717, 1.165) is 18.4 Å². The molecule has 1 rings (SSSR count). The third-order valence-electron chi connectivity index (χ3n) is 1.72. The van der Waals surface area contributed by atoms with Gasteiger partial charge in [-0.2, -0.15) is 0 Å². The highest BCUT2D eigenvalue weighted by Gasteiger charge is 2.05. The Bertz CT molecular complexity index is 445. The van der Waals surface area contributed by atoms with Crippen molar-refractivity contribution in [2.75, 3.05) is 23.9 Å². The van der Waals surface area contributed by atoms with Crippen LogP contribution >= 0.6 is 0 Å². The molecule has 15 heavy (non-hydrogen) atoms. The minimum Gasteiger partial charge on any atom is -0.382 e. The number of hydrogen-bond donors (Lipinski definition) is 1. The molecule has 0 atom stereocenters. The molecule has 0 fully saturated rings. The first-order valence-electron chi connectivity index (χ1n) is 4.25. The minimum absolute atomic E-state index is 0.0934. The summed E-state index contributed by atoms with van der Waals surface area (Å²) in [6.45, 7) is 0.0986. The van der Waals surface area contributed by atoms with E-state index in [9.17, 15) is 17.2 Å². The zero-order valence-electron chi connectivity index (χ0n) is 8.13. The average molecular weight is 235 g/mol. The summed E-state index contributed by atoms with van der Waals surface area (Å²) in [5.74, 6) is -1.49. The molecule has 3 nitrogen and oxygen atoms in total. The maximum absolute atomic E-state index is 13.0. The molecule has 1 aromatic carbocycles. The van der Waals surface area contributed by atoms with Gasteiger partial charge in [-0.3, -0.25) is 0 Å². The highest BCUT2D eigenvalue weighted by atomic mass is 32.2. The Morgan fingerprint density at radius 3 is 2.53 bits per heavy atom. The highest BCUT2D eigenvalue weighted by Crippen LogP contribution is 2.14. The van der Waals surface area contributed by atoms with Crippen LogP contribution in [0.2, 0.25) is 0 Å². The van der Waals surface area contributed by atoms with Crippen molar-refractivity contribution in [1.29, 1.82) is 0 Å². The van der Waals surface area contributed by atoms with E-state index in [2.05, 4.69) is 5.32 Å². The van der Waals surface area contributed by atoms with Gasteiger partial charge in [0, 0.05) is 18.9 Å². The van der Waals surface area contributed by atoms with Gasteiger partial charge in [0.1, 0.15) is 21.5 Å². The van der Waals surface area contributed by atoms with Crippen LogP contribution in [0.1, 0.15) is 0 Å². The lowest BCUT2D eigenvalue weighted by molar-refractivity contribution is 0.584. The molecule has 84 valence electrons. The summed E-state index contributed by atoms with van der Waals surface area (Å²) in [6, 6.07) is 3.07. The maximum atomic E-state index is 13.0. The molecule has 1 N–H and O–H groups in total. The fraction of sp³-hybridized carbons (Fsp3) is 0.333. The molecule has 0 saturated heterocycles. The zero-order valence-corrected chi connectivity index (χ0v) is 8.94. The monoisotopic (exact) mass is 235 g/mol. The molecule has 0 aliphatic rings. The number of hydrogen-bond acceptors (Lipinski definition) is 3. The van der Waals surface area contributed by atoms with Gasteiger partial charge < -0.3 is 5.32 Å². The third-order valence-corrected chi connectivity index (χ3v) is 2.67. The van der Waals surface area contributed by atoms with Crippen molar-refractivity contribution in [2.24, 2.45) is 0 Å². The predicted octanol–water partition coefficient (Wildman–Crippen LogP) is 1.42. The Morgan fingerprint density at radius 2 is 2.00 bits per heavy atom. The van der Waals surface area contributed by atoms with Gasteiger partial charge >= 0.3 is 0 Å². The van der Waals surface area contributed by atoms with Crippen LogP contribution in [0.3, 0.4) is 0 Å². The van der Waals surface area contributed by atoms with Crippen molar-refractivity contribution < 1.29 is 17.2 Å². The van der Waals surface area contributed by atoms with Crippen molar-refractivity contribution in [1.82, 2.24) is 0 Å². The normalized spacial score (nSPS) is 11.4. The van der Waals surface area contributed by atoms with Gasteiger partial charge in [0.15, 0.2) is 0 Å². The molecule has 0 bridgehead atoms. The maximum Gasteiger partial charge on any atom is 0.149 e. The number of rotatable bonds is 4. The summed E-state index contributed by atoms with van der Waals surface area (Å²) in [6.07, 6.45) is 1.09. The number of halogens is 2. The van der Waals surface area contributed by atoms with Gasteiger partial charge in [0.05, 0.1) is 11.4 Å². The van der Waals surface area contributed by atoms with Crippen molar-refractivity contribution >= 4 is 15.5 Å². The zero-order chi connectivity index (χ0) is 11.5. The summed E-state index contributed by atoms with van der Waals surface area (Å²) in [7, 11) is -3.07. The quantitative estimate of drug-likeness (QED) is 0.858. The van der Waals surface area contributed by atoms with E-state index in [1.54, 1.807) is 0 Å². The standard InChI is InChI=1S/C9H11F2NO2S/c1-15(13,14)5-4-12-9-3-2-7(10)6-8(9)11/h2-3,6,12H,4-5H2,1H3. The first-order valence-corrected chi connectivity index (χ1v) is 6.31. The van der Waals surface area contributed by atoms with E-state index >= 15 is 0 Å². The molecule has 1 aromatic rings. The van der Waals surface area contributed by atoms with E-state index in [1.165, 1.54) is 6.07 Å². The topological polar surface area (TPSA) is 46.2 Å². The predicted molar refractivity (Wildman–Crippen MR) is 54.6 cm³/mol. The molecule has 0 amide bonds. The molecule has 0 radical (unpaired) electrons. The molecule has 6 heteroatoms. The molecule has 0 spiro atoms. The number of nitrogens with one attached hydrogen (secondary N) is 1. The van der Waals surface area contributed by atoms with E-state index in [1.807, 2.05) is 0 Å². The minimum atomic E-state index is -3.07. The van der Waals surface area contributed by atoms with Gasteiger partial charge in [-0.25, -0.2) is 17.2 Å². The van der Waals surface area contributed by atoms with Crippen LogP contribution in [-0.4, -0.2) is 27.0 Å². The Labute approximate surface area is 87.0 Å². The fourth-order valence-electron chi connectivity index (χ4n) is 1.00. The van der Waals surface area contributed by atoms with Gasteiger partial charge in [0.25, 0.3) is 0 Å². The average Bonchev–Trinajstić information content (AvgIpc) is 2.07. The molecule has 0 unspecified atom stereocenters. The Kier molecular flexibility index (Phi) is 3.62. The largest absolute Gasteiger partial charge is 0.382 e. The summed E-state index contributed by atoms with van der Waals surface area (Å²) in [5, 5.41) is 2.58. The van der Waals surface area contributed by atoms with Gasteiger partial charge in [-0.15, -0.1) is 0 Å². The Morgan fingerprint density at radius 1 is 1.33 bits per heavy atom.